The molecule has 5 heteroatoms. The second kappa shape index (κ2) is 8.21. The number of carbonyl (C=O) groups excluding carboxylic acids is 1. The fourth-order valence-corrected chi connectivity index (χ4v) is 2.16. The van der Waals surface area contributed by atoms with Gasteiger partial charge in [0.1, 0.15) is 0 Å². The Labute approximate surface area is 124 Å². The number of nitrogens with zero attached hydrogens (tertiary/aromatic N) is 1. The number of rotatable bonds is 8. The van der Waals surface area contributed by atoms with Crippen LogP contribution in [0.15, 0.2) is 36.5 Å². The second-order valence-corrected chi connectivity index (χ2v) is 5.05. The third-order valence-corrected chi connectivity index (χ3v) is 3.34. The third kappa shape index (κ3) is 5.04. The monoisotopic (exact) mass is 286 g/mol. The van der Waals surface area contributed by atoms with Crippen LogP contribution in [0.5, 0.6) is 0 Å². The van der Waals surface area contributed by atoms with Gasteiger partial charge in [0.15, 0.2) is 0 Å². The van der Waals surface area contributed by atoms with E-state index in [2.05, 4.69) is 15.5 Å². The first kappa shape index (κ1) is 15.3. The fraction of sp³-hybridized carbons (Fsp3) is 0.375. The number of benzene rings is 1. The van der Waals surface area contributed by atoms with E-state index in [0.29, 0.717) is 6.42 Å². The molecule has 1 aromatic heterocycles. The molecule has 0 aliphatic heterocycles. The summed E-state index contributed by atoms with van der Waals surface area (Å²) >= 11 is 0. The topological polar surface area (TPSA) is 83.8 Å². The zero-order valence-corrected chi connectivity index (χ0v) is 12.1. The predicted octanol–water partition coefficient (Wildman–Crippen LogP) is 2.92. The first-order valence-corrected chi connectivity index (χ1v) is 7.39. The molecule has 1 heterocycles. The van der Waals surface area contributed by atoms with Crippen molar-refractivity contribution in [3.05, 3.63) is 36.5 Å². The Bertz CT molecular complexity index is 534. The molecule has 0 fully saturated rings. The van der Waals surface area contributed by atoms with Crippen molar-refractivity contribution >= 4 is 11.6 Å². The van der Waals surface area contributed by atoms with Crippen LogP contribution in [0.3, 0.4) is 0 Å². The van der Waals surface area contributed by atoms with Gasteiger partial charge in [-0.25, -0.2) is 0 Å². The predicted molar refractivity (Wildman–Crippen MR) is 84.8 cm³/mol. The van der Waals surface area contributed by atoms with Gasteiger partial charge in [-0.1, -0.05) is 25.0 Å². The summed E-state index contributed by atoms with van der Waals surface area (Å²) in [5.41, 5.74) is 8.27. The van der Waals surface area contributed by atoms with Crippen molar-refractivity contribution in [3.63, 3.8) is 0 Å². The van der Waals surface area contributed by atoms with Crippen LogP contribution in [0.4, 0.5) is 5.69 Å². The van der Waals surface area contributed by atoms with Crippen molar-refractivity contribution in [2.75, 3.05) is 11.9 Å². The molecule has 1 aromatic carbocycles. The standard InChI is InChI=1S/C16H22N4O/c17-11-4-2-1-3-5-16(21)19-14-8-6-13(7-9-14)15-10-12-18-20-15/h6-10,12H,1-5,11,17H2,(H,18,20)(H,19,21). The van der Waals surface area contributed by atoms with E-state index < -0.39 is 0 Å². The van der Waals surface area contributed by atoms with E-state index in [1.54, 1.807) is 6.20 Å². The molecule has 0 radical (unpaired) electrons. The molecular formula is C16H22N4O. The van der Waals surface area contributed by atoms with E-state index in [4.69, 9.17) is 5.73 Å². The van der Waals surface area contributed by atoms with Gasteiger partial charge in [-0.2, -0.15) is 5.10 Å². The van der Waals surface area contributed by atoms with Gasteiger partial charge in [0.25, 0.3) is 0 Å². The van der Waals surface area contributed by atoms with Gasteiger partial charge in [-0.3, -0.25) is 9.89 Å². The molecule has 21 heavy (non-hydrogen) atoms. The number of nitrogens with two attached hydrogens (primary N) is 1. The number of H-pyrrole nitrogens is 1. The van der Waals surface area contributed by atoms with Crippen molar-refractivity contribution in [2.24, 2.45) is 5.73 Å². The van der Waals surface area contributed by atoms with E-state index in [1.807, 2.05) is 30.3 Å². The average molecular weight is 286 g/mol. The highest BCUT2D eigenvalue weighted by Gasteiger charge is 2.03. The lowest BCUT2D eigenvalue weighted by atomic mass is 10.1. The van der Waals surface area contributed by atoms with Gasteiger partial charge < -0.3 is 11.1 Å². The summed E-state index contributed by atoms with van der Waals surface area (Å²) in [4.78, 5) is 11.8. The van der Waals surface area contributed by atoms with E-state index in [0.717, 1.165) is 49.2 Å². The molecule has 0 atom stereocenters. The van der Waals surface area contributed by atoms with Crippen LogP contribution < -0.4 is 11.1 Å². The molecule has 2 aromatic rings. The van der Waals surface area contributed by atoms with E-state index in [1.165, 1.54) is 0 Å². The summed E-state index contributed by atoms with van der Waals surface area (Å²) in [6, 6.07) is 9.65. The molecule has 1 amide bonds. The van der Waals surface area contributed by atoms with Crippen molar-refractivity contribution in [1.82, 2.24) is 10.2 Å². The van der Waals surface area contributed by atoms with Crippen molar-refractivity contribution in [3.8, 4) is 11.3 Å². The molecule has 0 saturated carbocycles. The summed E-state index contributed by atoms with van der Waals surface area (Å²) in [6.45, 7) is 0.731. The van der Waals surface area contributed by atoms with Crippen LogP contribution in [0.25, 0.3) is 11.3 Å². The number of nitrogens with one attached hydrogen (secondary N) is 2. The molecule has 0 saturated heterocycles. The van der Waals surface area contributed by atoms with Crippen molar-refractivity contribution in [2.45, 2.75) is 32.1 Å². The summed E-state index contributed by atoms with van der Waals surface area (Å²) < 4.78 is 0. The second-order valence-electron chi connectivity index (χ2n) is 5.05. The maximum atomic E-state index is 11.8. The molecule has 0 bridgehead atoms. The number of unbranched alkanes of at least 4 members (excludes halogenated alkanes) is 3. The molecule has 4 N–H and O–H groups in total. The lowest BCUT2D eigenvalue weighted by Crippen LogP contribution is -2.11. The number of anilines is 1. The van der Waals surface area contributed by atoms with Crippen LogP contribution in [-0.4, -0.2) is 22.6 Å². The Morgan fingerprint density at radius 3 is 2.52 bits per heavy atom. The van der Waals surface area contributed by atoms with Crippen LogP contribution in [-0.2, 0) is 4.79 Å². The SMILES string of the molecule is NCCCCCCC(=O)Nc1ccc(-c2ccn[nH]2)cc1. The summed E-state index contributed by atoms with van der Waals surface area (Å²) in [7, 11) is 0. The largest absolute Gasteiger partial charge is 0.330 e. The molecule has 112 valence electrons. The maximum absolute atomic E-state index is 11.8. The molecule has 0 aliphatic rings. The van der Waals surface area contributed by atoms with E-state index in [9.17, 15) is 4.79 Å². The lowest BCUT2D eigenvalue weighted by Gasteiger charge is -2.06. The number of carbonyl (C=O) groups is 1. The fourth-order valence-electron chi connectivity index (χ4n) is 2.16. The third-order valence-electron chi connectivity index (χ3n) is 3.34. The van der Waals surface area contributed by atoms with Crippen LogP contribution in [0.1, 0.15) is 32.1 Å². The van der Waals surface area contributed by atoms with Gasteiger partial charge in [-0.15, -0.1) is 0 Å². The highest BCUT2D eigenvalue weighted by Crippen LogP contribution is 2.19. The molecule has 0 unspecified atom stereocenters. The van der Waals surface area contributed by atoms with Gasteiger partial charge in [-0.05, 0) is 43.1 Å². The van der Waals surface area contributed by atoms with Crippen LogP contribution in [0.2, 0.25) is 0 Å². The van der Waals surface area contributed by atoms with Gasteiger partial charge in [0, 0.05) is 18.3 Å². The van der Waals surface area contributed by atoms with Crippen molar-refractivity contribution < 1.29 is 4.79 Å². The van der Waals surface area contributed by atoms with Crippen LogP contribution in [0, 0.1) is 0 Å². The van der Waals surface area contributed by atoms with Gasteiger partial charge >= 0.3 is 0 Å². The summed E-state index contributed by atoms with van der Waals surface area (Å²) in [5.74, 6) is 0.0667. The number of hydrogen-bond acceptors (Lipinski definition) is 3. The number of hydrogen-bond donors (Lipinski definition) is 3. The van der Waals surface area contributed by atoms with Gasteiger partial charge in [0.2, 0.25) is 5.91 Å². The smallest absolute Gasteiger partial charge is 0.224 e. The zero-order valence-electron chi connectivity index (χ0n) is 12.1. The molecule has 0 aliphatic carbocycles. The lowest BCUT2D eigenvalue weighted by molar-refractivity contribution is -0.116. The molecule has 2 rings (SSSR count). The van der Waals surface area contributed by atoms with E-state index >= 15 is 0 Å². The minimum atomic E-state index is 0.0667. The van der Waals surface area contributed by atoms with Gasteiger partial charge in [0.05, 0.1) is 5.69 Å². The maximum Gasteiger partial charge on any atom is 0.224 e. The molecule has 0 spiro atoms. The Hall–Kier alpha value is -2.14. The van der Waals surface area contributed by atoms with Crippen LogP contribution >= 0.6 is 0 Å². The highest BCUT2D eigenvalue weighted by atomic mass is 16.1. The normalized spacial score (nSPS) is 10.5. The number of aromatic amines is 1. The Kier molecular flexibility index (Phi) is 5.97. The summed E-state index contributed by atoms with van der Waals surface area (Å²) in [5, 5.41) is 9.75. The Balaban J connectivity index is 1.76. The Morgan fingerprint density at radius 2 is 1.86 bits per heavy atom. The first-order valence-electron chi connectivity index (χ1n) is 7.39. The molecular weight excluding hydrogens is 264 g/mol. The quantitative estimate of drug-likeness (QED) is 0.652. The summed E-state index contributed by atoms with van der Waals surface area (Å²) in [6.07, 6.45) is 6.39. The average Bonchev–Trinajstić information content (AvgIpc) is 3.02. The van der Waals surface area contributed by atoms with Crippen molar-refractivity contribution in [1.29, 1.82) is 0 Å². The van der Waals surface area contributed by atoms with E-state index in [-0.39, 0.29) is 5.91 Å². The zero-order chi connectivity index (χ0) is 14.9. The number of amides is 1. The number of aromatic nitrogens is 2. The first-order chi connectivity index (χ1) is 10.3. The Morgan fingerprint density at radius 1 is 1.10 bits per heavy atom. The highest BCUT2D eigenvalue weighted by molar-refractivity contribution is 5.90. The molecule has 5 nitrogen and oxygen atoms in total. The minimum Gasteiger partial charge on any atom is -0.330 e. The minimum absolute atomic E-state index is 0.0667.